The van der Waals surface area contributed by atoms with Gasteiger partial charge in [-0.15, -0.1) is 0 Å². The number of rotatable bonds is 3. The molecule has 0 aliphatic heterocycles. The van der Waals surface area contributed by atoms with Crippen LogP contribution in [-0.4, -0.2) is 19.5 Å². The molecular weight excluding hydrogens is 288 g/mol. The van der Waals surface area contributed by atoms with Crippen LogP contribution >= 0.6 is 0 Å². The third-order valence-electron chi connectivity index (χ3n) is 4.32. The van der Waals surface area contributed by atoms with E-state index < -0.39 is 0 Å². The van der Waals surface area contributed by atoms with E-state index in [-0.39, 0.29) is 5.56 Å². The number of aromatic nitrogens is 4. The molecule has 116 valence electrons. The number of aryl methyl sites for hydroxylation is 2. The summed E-state index contributed by atoms with van der Waals surface area (Å²) >= 11 is 0. The van der Waals surface area contributed by atoms with Crippen molar-refractivity contribution < 1.29 is 0 Å². The largest absolute Gasteiger partial charge is 0.293 e. The lowest BCUT2D eigenvalue weighted by Gasteiger charge is -2.13. The molecule has 1 aromatic carbocycles. The first kappa shape index (κ1) is 14.1. The molecule has 0 bridgehead atoms. The first-order valence-corrected chi connectivity index (χ1v) is 8.02. The van der Waals surface area contributed by atoms with Gasteiger partial charge in [0.15, 0.2) is 0 Å². The molecule has 1 saturated carbocycles. The predicted molar refractivity (Wildman–Crippen MR) is 89.4 cm³/mol. The second kappa shape index (κ2) is 5.26. The summed E-state index contributed by atoms with van der Waals surface area (Å²) in [5.74, 6) is 1.60. The monoisotopic (exact) mass is 306 g/mol. The molecule has 0 unspecified atom stereocenters. The van der Waals surface area contributed by atoms with Gasteiger partial charge in [0.25, 0.3) is 5.56 Å². The highest BCUT2D eigenvalue weighted by molar-refractivity contribution is 5.93. The molecule has 3 aromatic rings. The van der Waals surface area contributed by atoms with Crippen molar-refractivity contribution in [2.45, 2.75) is 39.2 Å². The molecule has 1 aliphatic carbocycles. The fourth-order valence-electron chi connectivity index (χ4n) is 3.02. The van der Waals surface area contributed by atoms with Gasteiger partial charge in [-0.05, 0) is 31.4 Å². The quantitative estimate of drug-likeness (QED) is 0.746. The Kier molecular flexibility index (Phi) is 3.22. The summed E-state index contributed by atoms with van der Waals surface area (Å²) in [4.78, 5) is 26.4. The molecule has 0 radical (unpaired) electrons. The molecule has 0 amide bonds. The molecule has 23 heavy (non-hydrogen) atoms. The zero-order chi connectivity index (χ0) is 16.0. The van der Waals surface area contributed by atoms with Gasteiger partial charge in [0, 0.05) is 30.4 Å². The molecule has 0 atom stereocenters. The van der Waals surface area contributed by atoms with Gasteiger partial charge in [-0.1, -0.05) is 19.1 Å². The van der Waals surface area contributed by atoms with E-state index in [1.54, 1.807) is 12.4 Å². The maximum atomic E-state index is 13.1. The van der Waals surface area contributed by atoms with E-state index in [2.05, 4.69) is 9.97 Å². The number of hydrogen-bond acceptors (Lipinski definition) is 4. The Morgan fingerprint density at radius 3 is 2.61 bits per heavy atom. The topological polar surface area (TPSA) is 60.7 Å². The van der Waals surface area contributed by atoms with Crippen LogP contribution < -0.4 is 5.56 Å². The Labute approximate surface area is 134 Å². The molecule has 0 saturated heterocycles. The van der Waals surface area contributed by atoms with Gasteiger partial charge in [-0.2, -0.15) is 0 Å². The fraction of sp³-hybridized carbons (Fsp3) is 0.333. The molecule has 0 N–H and O–H groups in total. The Hall–Kier alpha value is -2.56. The average Bonchev–Trinajstić information content (AvgIpc) is 3.39. The van der Waals surface area contributed by atoms with Gasteiger partial charge in [0.2, 0.25) is 0 Å². The van der Waals surface area contributed by atoms with E-state index in [1.165, 1.54) is 0 Å². The lowest BCUT2D eigenvalue weighted by Crippen LogP contribution is -2.24. The van der Waals surface area contributed by atoms with Crippen molar-refractivity contribution in [2.75, 3.05) is 0 Å². The van der Waals surface area contributed by atoms with Crippen LogP contribution in [0.3, 0.4) is 0 Å². The minimum absolute atomic E-state index is 0.0607. The lowest BCUT2D eigenvalue weighted by molar-refractivity contribution is 0.646. The Balaban J connectivity index is 2.04. The van der Waals surface area contributed by atoms with Crippen LogP contribution in [0.25, 0.3) is 22.0 Å². The van der Waals surface area contributed by atoms with Gasteiger partial charge < -0.3 is 0 Å². The molecule has 4 rings (SSSR count). The number of hydrogen-bond donors (Lipinski definition) is 0. The van der Waals surface area contributed by atoms with E-state index >= 15 is 0 Å². The Morgan fingerprint density at radius 1 is 1.22 bits per heavy atom. The molecule has 2 aromatic heterocycles. The van der Waals surface area contributed by atoms with Gasteiger partial charge in [0.05, 0.1) is 10.9 Å². The highest BCUT2D eigenvalue weighted by atomic mass is 16.1. The van der Waals surface area contributed by atoms with Crippen LogP contribution in [0.5, 0.6) is 0 Å². The number of benzene rings is 1. The Bertz CT molecular complexity index is 940. The minimum Gasteiger partial charge on any atom is -0.293 e. The van der Waals surface area contributed by atoms with Crippen LogP contribution in [0.2, 0.25) is 0 Å². The van der Waals surface area contributed by atoms with Crippen LogP contribution in [0.4, 0.5) is 0 Å². The molecular formula is C18H18N4O. The molecule has 0 spiro atoms. The third kappa shape index (κ3) is 2.32. The van der Waals surface area contributed by atoms with Crippen LogP contribution in [0.1, 0.15) is 37.5 Å². The standard InChI is InChI=1S/C18H18N4O/c1-3-16-21-15-6-4-5-14(12-9-19-11(2)20-10-12)17(15)18(23)22(16)13-7-8-13/h4-6,9-10,13H,3,7-8H2,1-2H3. The minimum atomic E-state index is 0.0607. The van der Waals surface area contributed by atoms with Crippen molar-refractivity contribution in [3.63, 3.8) is 0 Å². The van der Waals surface area contributed by atoms with Crippen LogP contribution in [-0.2, 0) is 6.42 Å². The van der Waals surface area contributed by atoms with Crippen molar-refractivity contribution in [3.8, 4) is 11.1 Å². The summed E-state index contributed by atoms with van der Waals surface area (Å²) in [5.41, 5.74) is 2.52. The van der Waals surface area contributed by atoms with E-state index in [0.717, 1.165) is 47.6 Å². The molecule has 1 fully saturated rings. The van der Waals surface area contributed by atoms with Crippen molar-refractivity contribution in [1.82, 2.24) is 19.5 Å². The first-order chi connectivity index (χ1) is 11.2. The van der Waals surface area contributed by atoms with E-state index in [4.69, 9.17) is 4.98 Å². The molecule has 5 heteroatoms. The van der Waals surface area contributed by atoms with Crippen molar-refractivity contribution >= 4 is 10.9 Å². The van der Waals surface area contributed by atoms with Crippen molar-refractivity contribution in [3.05, 3.63) is 52.6 Å². The zero-order valence-corrected chi connectivity index (χ0v) is 13.3. The fourth-order valence-corrected chi connectivity index (χ4v) is 3.02. The second-order valence-electron chi connectivity index (χ2n) is 6.01. The van der Waals surface area contributed by atoms with Crippen molar-refractivity contribution in [2.24, 2.45) is 0 Å². The summed E-state index contributed by atoms with van der Waals surface area (Å²) in [7, 11) is 0. The maximum absolute atomic E-state index is 13.1. The zero-order valence-electron chi connectivity index (χ0n) is 13.3. The number of nitrogens with zero attached hydrogens (tertiary/aromatic N) is 4. The second-order valence-corrected chi connectivity index (χ2v) is 6.01. The maximum Gasteiger partial charge on any atom is 0.262 e. The number of fused-ring (bicyclic) bond motifs is 1. The van der Waals surface area contributed by atoms with E-state index in [0.29, 0.717) is 11.4 Å². The molecule has 5 nitrogen and oxygen atoms in total. The van der Waals surface area contributed by atoms with E-state index in [1.807, 2.05) is 36.6 Å². The summed E-state index contributed by atoms with van der Waals surface area (Å²) < 4.78 is 1.89. The average molecular weight is 306 g/mol. The van der Waals surface area contributed by atoms with Crippen molar-refractivity contribution in [1.29, 1.82) is 0 Å². The van der Waals surface area contributed by atoms with Gasteiger partial charge >= 0.3 is 0 Å². The third-order valence-corrected chi connectivity index (χ3v) is 4.32. The molecule has 2 heterocycles. The van der Waals surface area contributed by atoms with E-state index in [9.17, 15) is 4.79 Å². The summed E-state index contributed by atoms with van der Waals surface area (Å²) in [6.45, 7) is 3.90. The summed E-state index contributed by atoms with van der Waals surface area (Å²) in [6, 6.07) is 6.11. The summed E-state index contributed by atoms with van der Waals surface area (Å²) in [6.07, 6.45) is 6.43. The summed E-state index contributed by atoms with van der Waals surface area (Å²) in [5, 5.41) is 0.670. The Morgan fingerprint density at radius 2 is 1.96 bits per heavy atom. The first-order valence-electron chi connectivity index (χ1n) is 8.02. The predicted octanol–water partition coefficient (Wildman–Crippen LogP) is 3.06. The normalized spacial score (nSPS) is 14.3. The smallest absolute Gasteiger partial charge is 0.262 e. The SMILES string of the molecule is CCc1nc2cccc(-c3cnc(C)nc3)c2c(=O)n1C1CC1. The van der Waals surface area contributed by atoms with Gasteiger partial charge in [-0.3, -0.25) is 9.36 Å². The highest BCUT2D eigenvalue weighted by Gasteiger charge is 2.28. The van der Waals surface area contributed by atoms with Gasteiger partial charge in [0.1, 0.15) is 11.6 Å². The highest BCUT2D eigenvalue weighted by Crippen LogP contribution is 2.35. The van der Waals surface area contributed by atoms with Gasteiger partial charge in [-0.25, -0.2) is 15.0 Å². The molecule has 1 aliphatic rings. The van der Waals surface area contributed by atoms with Crippen LogP contribution in [0, 0.1) is 6.92 Å². The lowest BCUT2D eigenvalue weighted by atomic mass is 10.0. The van der Waals surface area contributed by atoms with Crippen LogP contribution in [0.15, 0.2) is 35.4 Å².